The van der Waals surface area contributed by atoms with E-state index in [9.17, 15) is 0 Å². The van der Waals surface area contributed by atoms with Crippen LogP contribution >= 0.6 is 12.2 Å². The number of rotatable bonds is 7. The van der Waals surface area contributed by atoms with Crippen LogP contribution in [-0.4, -0.2) is 9.55 Å². The Bertz CT molecular complexity index is 387. The first-order valence-electron chi connectivity index (χ1n) is 6.77. The summed E-state index contributed by atoms with van der Waals surface area (Å²) in [6.45, 7) is 10.2. The van der Waals surface area contributed by atoms with Crippen LogP contribution in [0.2, 0.25) is 0 Å². The number of hydrogen-bond acceptors (Lipinski definition) is 1. The largest absolute Gasteiger partial charge is 0.337 e. The van der Waals surface area contributed by atoms with E-state index < -0.39 is 0 Å². The maximum absolute atomic E-state index is 5.35. The molecule has 17 heavy (non-hydrogen) atoms. The molecular weight excluding hydrogens is 228 g/mol. The Hall–Kier alpha value is -0.570. The summed E-state index contributed by atoms with van der Waals surface area (Å²) in [5.41, 5.74) is 1.65. The fourth-order valence-corrected chi connectivity index (χ4v) is 2.50. The van der Waals surface area contributed by atoms with Gasteiger partial charge in [-0.15, -0.1) is 0 Å². The fourth-order valence-electron chi connectivity index (χ4n) is 2.26. The van der Waals surface area contributed by atoms with Gasteiger partial charge < -0.3 is 9.55 Å². The third-order valence-electron chi connectivity index (χ3n) is 3.36. The summed E-state index contributed by atoms with van der Waals surface area (Å²) in [7, 11) is 0. The number of nitrogens with zero attached hydrogens (tertiary/aromatic N) is 1. The van der Waals surface area contributed by atoms with E-state index >= 15 is 0 Å². The van der Waals surface area contributed by atoms with Gasteiger partial charge in [-0.1, -0.05) is 47.0 Å². The van der Waals surface area contributed by atoms with Gasteiger partial charge in [0.2, 0.25) is 0 Å². The van der Waals surface area contributed by atoms with Crippen molar-refractivity contribution in [2.24, 2.45) is 5.41 Å². The van der Waals surface area contributed by atoms with Crippen LogP contribution in [0.3, 0.4) is 0 Å². The molecule has 0 unspecified atom stereocenters. The van der Waals surface area contributed by atoms with Crippen LogP contribution in [0.15, 0.2) is 6.20 Å². The molecule has 98 valence electrons. The zero-order valence-corrected chi connectivity index (χ0v) is 12.5. The van der Waals surface area contributed by atoms with Crippen molar-refractivity contribution in [1.29, 1.82) is 0 Å². The van der Waals surface area contributed by atoms with Gasteiger partial charge in [0.05, 0.1) is 0 Å². The van der Waals surface area contributed by atoms with E-state index in [0.29, 0.717) is 5.41 Å². The molecule has 1 N–H and O–H groups in total. The maximum atomic E-state index is 5.35. The van der Waals surface area contributed by atoms with Gasteiger partial charge in [-0.25, -0.2) is 0 Å². The molecule has 0 aromatic carbocycles. The molecular formula is C14H26N2S. The standard InChI is InChI=1S/C14H26N2S/c1-5-7-8-9-14(3,4)11-16-12(6-2)10-15-13(16)17/h10H,5-9,11H2,1-4H3,(H,15,17). The van der Waals surface area contributed by atoms with Crippen LogP contribution in [-0.2, 0) is 13.0 Å². The minimum atomic E-state index is 0.333. The smallest absolute Gasteiger partial charge is 0.177 e. The Morgan fingerprint density at radius 3 is 2.59 bits per heavy atom. The lowest BCUT2D eigenvalue weighted by Crippen LogP contribution is -2.21. The van der Waals surface area contributed by atoms with Gasteiger partial charge in [-0.05, 0) is 30.5 Å². The number of aromatic amines is 1. The minimum absolute atomic E-state index is 0.333. The van der Waals surface area contributed by atoms with Crippen molar-refractivity contribution in [3.8, 4) is 0 Å². The molecule has 1 aromatic rings. The second-order valence-corrected chi connectivity index (χ2v) is 6.03. The van der Waals surface area contributed by atoms with Crippen molar-refractivity contribution in [1.82, 2.24) is 9.55 Å². The van der Waals surface area contributed by atoms with E-state index in [1.807, 2.05) is 6.20 Å². The molecule has 3 heteroatoms. The molecule has 0 saturated heterocycles. The molecule has 0 spiro atoms. The van der Waals surface area contributed by atoms with Crippen LogP contribution in [0.4, 0.5) is 0 Å². The van der Waals surface area contributed by atoms with Crippen LogP contribution in [0.25, 0.3) is 0 Å². The molecule has 2 nitrogen and oxygen atoms in total. The van der Waals surface area contributed by atoms with Crippen molar-refractivity contribution in [3.05, 3.63) is 16.7 Å². The van der Waals surface area contributed by atoms with E-state index in [0.717, 1.165) is 17.7 Å². The van der Waals surface area contributed by atoms with Gasteiger partial charge in [-0.2, -0.15) is 0 Å². The molecule has 1 heterocycles. The Balaban J connectivity index is 2.68. The lowest BCUT2D eigenvalue weighted by Gasteiger charge is -2.26. The number of imidazole rings is 1. The zero-order valence-electron chi connectivity index (χ0n) is 11.7. The minimum Gasteiger partial charge on any atom is -0.337 e. The van der Waals surface area contributed by atoms with Gasteiger partial charge in [0.1, 0.15) is 0 Å². The molecule has 1 aromatic heterocycles. The number of aryl methyl sites for hydroxylation is 1. The molecule has 0 amide bonds. The Kier molecular flexibility index (Phi) is 5.44. The van der Waals surface area contributed by atoms with Crippen molar-refractivity contribution in [2.75, 3.05) is 0 Å². The quantitative estimate of drug-likeness (QED) is 0.552. The summed E-state index contributed by atoms with van der Waals surface area (Å²) in [5.74, 6) is 0. The van der Waals surface area contributed by atoms with Crippen LogP contribution < -0.4 is 0 Å². The van der Waals surface area contributed by atoms with E-state index in [4.69, 9.17) is 12.2 Å². The third kappa shape index (κ3) is 4.30. The van der Waals surface area contributed by atoms with Crippen molar-refractivity contribution >= 4 is 12.2 Å². The number of H-pyrrole nitrogens is 1. The molecule has 0 saturated carbocycles. The maximum Gasteiger partial charge on any atom is 0.177 e. The first-order chi connectivity index (χ1) is 8.00. The van der Waals surface area contributed by atoms with Crippen LogP contribution in [0, 0.1) is 10.2 Å². The lowest BCUT2D eigenvalue weighted by molar-refractivity contribution is 0.267. The monoisotopic (exact) mass is 254 g/mol. The van der Waals surface area contributed by atoms with Gasteiger partial charge >= 0.3 is 0 Å². The first kappa shape index (κ1) is 14.5. The summed E-state index contributed by atoms with van der Waals surface area (Å²) in [6, 6.07) is 0. The first-order valence-corrected chi connectivity index (χ1v) is 7.18. The molecule has 0 atom stereocenters. The molecule has 0 aliphatic heterocycles. The highest BCUT2D eigenvalue weighted by atomic mass is 32.1. The van der Waals surface area contributed by atoms with Gasteiger partial charge in [-0.3, -0.25) is 0 Å². The fraction of sp³-hybridized carbons (Fsp3) is 0.786. The summed E-state index contributed by atoms with van der Waals surface area (Å²) >= 11 is 5.35. The molecule has 1 rings (SSSR count). The highest BCUT2D eigenvalue weighted by Gasteiger charge is 2.19. The topological polar surface area (TPSA) is 20.7 Å². The molecule has 0 radical (unpaired) electrons. The van der Waals surface area contributed by atoms with Gasteiger partial charge in [0, 0.05) is 18.4 Å². The third-order valence-corrected chi connectivity index (χ3v) is 3.70. The Labute approximate surface area is 110 Å². The average Bonchev–Trinajstić information content (AvgIpc) is 2.60. The summed E-state index contributed by atoms with van der Waals surface area (Å²) in [5, 5.41) is 0. The van der Waals surface area contributed by atoms with Crippen molar-refractivity contribution in [2.45, 2.75) is 66.3 Å². The van der Waals surface area contributed by atoms with E-state index in [1.165, 1.54) is 31.4 Å². The van der Waals surface area contributed by atoms with Gasteiger partial charge in [0.25, 0.3) is 0 Å². The highest BCUT2D eigenvalue weighted by molar-refractivity contribution is 7.71. The molecule has 0 fully saturated rings. The molecule has 0 aliphatic carbocycles. The Morgan fingerprint density at radius 2 is 2.00 bits per heavy atom. The number of hydrogen-bond donors (Lipinski definition) is 1. The highest BCUT2D eigenvalue weighted by Crippen LogP contribution is 2.26. The summed E-state index contributed by atoms with van der Waals surface area (Å²) < 4.78 is 3.13. The number of unbranched alkanes of at least 4 members (excludes halogenated alkanes) is 2. The lowest BCUT2D eigenvalue weighted by atomic mass is 9.86. The molecule has 0 bridgehead atoms. The summed E-state index contributed by atoms with van der Waals surface area (Å²) in [4.78, 5) is 3.16. The normalized spacial score (nSPS) is 12.0. The predicted molar refractivity (Wildman–Crippen MR) is 76.9 cm³/mol. The predicted octanol–water partition coefficient (Wildman–Crippen LogP) is 4.71. The Morgan fingerprint density at radius 1 is 1.29 bits per heavy atom. The zero-order chi connectivity index (χ0) is 12.9. The van der Waals surface area contributed by atoms with E-state index in [-0.39, 0.29) is 0 Å². The average molecular weight is 254 g/mol. The SMILES string of the molecule is CCCCCC(C)(C)Cn1c(CC)c[nH]c1=S. The van der Waals surface area contributed by atoms with Crippen LogP contribution in [0.5, 0.6) is 0 Å². The number of nitrogens with one attached hydrogen (secondary N) is 1. The van der Waals surface area contributed by atoms with Crippen molar-refractivity contribution < 1.29 is 0 Å². The second-order valence-electron chi connectivity index (χ2n) is 5.65. The summed E-state index contributed by atoms with van der Waals surface area (Å²) in [6.07, 6.45) is 8.31. The molecule has 0 aliphatic rings. The van der Waals surface area contributed by atoms with E-state index in [1.54, 1.807) is 0 Å². The number of aromatic nitrogens is 2. The second kappa shape index (κ2) is 6.39. The van der Waals surface area contributed by atoms with E-state index in [2.05, 4.69) is 37.2 Å². The van der Waals surface area contributed by atoms with Crippen molar-refractivity contribution in [3.63, 3.8) is 0 Å². The van der Waals surface area contributed by atoms with Gasteiger partial charge in [0.15, 0.2) is 4.77 Å². The van der Waals surface area contributed by atoms with Crippen LogP contribution in [0.1, 0.15) is 59.1 Å².